The van der Waals surface area contributed by atoms with Crippen molar-refractivity contribution in [2.45, 2.75) is 24.2 Å². The molecule has 0 aromatic heterocycles. The number of carbonyl (C=O) groups excluding carboxylic acids is 1. The Morgan fingerprint density at radius 2 is 2.11 bits per heavy atom. The fourth-order valence-electron chi connectivity index (χ4n) is 2.05. The third kappa shape index (κ3) is 4.92. The van der Waals surface area contributed by atoms with Crippen LogP contribution in [0.2, 0.25) is 5.02 Å². The molecule has 0 fully saturated rings. The highest BCUT2D eigenvalue weighted by molar-refractivity contribution is 7.99. The lowest BCUT2D eigenvalue weighted by Gasteiger charge is -2.17. The van der Waals surface area contributed by atoms with E-state index in [4.69, 9.17) is 11.6 Å². The van der Waals surface area contributed by atoms with Crippen molar-refractivity contribution in [1.29, 1.82) is 0 Å². The molecule has 19 heavy (non-hydrogen) atoms. The van der Waals surface area contributed by atoms with E-state index in [1.807, 2.05) is 24.3 Å². The Hall–Kier alpha value is -0.930. The minimum atomic E-state index is 0.172. The Morgan fingerprint density at radius 1 is 1.32 bits per heavy atom. The molecule has 0 unspecified atom stereocenters. The van der Waals surface area contributed by atoms with Crippen LogP contribution >= 0.6 is 23.4 Å². The number of thioether (sulfide) groups is 1. The van der Waals surface area contributed by atoms with Gasteiger partial charge in [0.15, 0.2) is 0 Å². The molecule has 1 aromatic rings. The van der Waals surface area contributed by atoms with Crippen LogP contribution in [-0.2, 0) is 4.79 Å². The van der Waals surface area contributed by atoms with E-state index in [0.717, 1.165) is 30.0 Å². The molecule has 0 spiro atoms. The predicted molar refractivity (Wildman–Crippen MR) is 81.7 cm³/mol. The first-order valence-corrected chi connectivity index (χ1v) is 7.93. The minimum absolute atomic E-state index is 0.172. The number of allylic oxidation sites excluding steroid dienone is 2. The fourth-order valence-corrected chi connectivity index (χ4v) is 2.94. The van der Waals surface area contributed by atoms with Gasteiger partial charge < -0.3 is 5.32 Å². The average Bonchev–Trinajstić information content (AvgIpc) is 2.46. The van der Waals surface area contributed by atoms with E-state index in [9.17, 15) is 4.79 Å². The summed E-state index contributed by atoms with van der Waals surface area (Å²) in [6.07, 6.45) is 7.15. The van der Waals surface area contributed by atoms with Crippen molar-refractivity contribution in [1.82, 2.24) is 5.32 Å². The smallest absolute Gasteiger partial charge is 0.223 e. The zero-order valence-corrected chi connectivity index (χ0v) is 12.3. The maximum atomic E-state index is 11.9. The van der Waals surface area contributed by atoms with Crippen LogP contribution in [0.4, 0.5) is 0 Å². The summed E-state index contributed by atoms with van der Waals surface area (Å²) in [5.74, 6) is 1.25. The third-order valence-corrected chi connectivity index (χ3v) is 4.39. The molecule has 1 N–H and O–H groups in total. The van der Waals surface area contributed by atoms with Gasteiger partial charge in [0.05, 0.1) is 0 Å². The summed E-state index contributed by atoms with van der Waals surface area (Å²) >= 11 is 7.56. The maximum Gasteiger partial charge on any atom is 0.223 e. The summed E-state index contributed by atoms with van der Waals surface area (Å²) in [5, 5.41) is 3.77. The third-order valence-electron chi connectivity index (χ3n) is 3.12. The van der Waals surface area contributed by atoms with Crippen molar-refractivity contribution in [3.63, 3.8) is 0 Å². The van der Waals surface area contributed by atoms with Crippen molar-refractivity contribution >= 4 is 29.3 Å². The van der Waals surface area contributed by atoms with Crippen LogP contribution in [0.15, 0.2) is 41.3 Å². The number of amides is 1. The van der Waals surface area contributed by atoms with Crippen molar-refractivity contribution < 1.29 is 4.79 Å². The molecule has 0 radical (unpaired) electrons. The molecule has 2 rings (SSSR count). The van der Waals surface area contributed by atoms with Crippen LogP contribution in [0.5, 0.6) is 0 Å². The highest BCUT2D eigenvalue weighted by Crippen LogP contribution is 2.20. The van der Waals surface area contributed by atoms with Crippen LogP contribution in [0, 0.1) is 5.92 Å². The molecule has 1 aromatic carbocycles. The van der Waals surface area contributed by atoms with Crippen LogP contribution in [0.3, 0.4) is 0 Å². The Balaban J connectivity index is 1.65. The van der Waals surface area contributed by atoms with E-state index in [1.54, 1.807) is 11.8 Å². The summed E-state index contributed by atoms with van der Waals surface area (Å²) in [6.45, 7) is 0.715. The normalized spacial score (nSPS) is 18.3. The van der Waals surface area contributed by atoms with Gasteiger partial charge in [-0.05, 0) is 43.5 Å². The summed E-state index contributed by atoms with van der Waals surface area (Å²) in [7, 11) is 0. The first-order valence-electron chi connectivity index (χ1n) is 6.57. The standard InChI is InChI=1S/C15H18ClNOS/c16-13-6-8-14(9-7-13)19-11-10-17-15(18)12-4-2-1-3-5-12/h1-2,6-9,12H,3-5,10-11H2,(H,17,18)/t12-/m0/s1. The number of benzene rings is 1. The van der Waals surface area contributed by atoms with E-state index in [-0.39, 0.29) is 11.8 Å². The fraction of sp³-hybridized carbons (Fsp3) is 0.400. The molecule has 0 aliphatic heterocycles. The highest BCUT2D eigenvalue weighted by atomic mass is 35.5. The monoisotopic (exact) mass is 295 g/mol. The van der Waals surface area contributed by atoms with Crippen LogP contribution < -0.4 is 5.32 Å². The molecule has 0 saturated heterocycles. The molecule has 1 aliphatic rings. The van der Waals surface area contributed by atoms with Crippen LogP contribution in [0.25, 0.3) is 0 Å². The van der Waals surface area contributed by atoms with Gasteiger partial charge in [0.2, 0.25) is 5.91 Å². The first kappa shape index (κ1) is 14.5. The zero-order valence-electron chi connectivity index (χ0n) is 10.8. The van der Waals surface area contributed by atoms with Crippen LogP contribution in [-0.4, -0.2) is 18.2 Å². The molecular weight excluding hydrogens is 278 g/mol. The Labute approximate surface area is 123 Å². The van der Waals surface area contributed by atoms with Crippen molar-refractivity contribution in [3.8, 4) is 0 Å². The molecule has 102 valence electrons. The van der Waals surface area contributed by atoms with Crippen molar-refractivity contribution in [3.05, 3.63) is 41.4 Å². The number of carbonyl (C=O) groups is 1. The van der Waals surface area contributed by atoms with Crippen molar-refractivity contribution in [2.75, 3.05) is 12.3 Å². The molecule has 4 heteroatoms. The molecule has 0 saturated carbocycles. The van der Waals surface area contributed by atoms with Gasteiger partial charge in [-0.25, -0.2) is 0 Å². The van der Waals surface area contributed by atoms with Gasteiger partial charge in [0, 0.05) is 28.1 Å². The highest BCUT2D eigenvalue weighted by Gasteiger charge is 2.17. The van der Waals surface area contributed by atoms with E-state index < -0.39 is 0 Å². The summed E-state index contributed by atoms with van der Waals surface area (Å²) in [4.78, 5) is 13.1. The van der Waals surface area contributed by atoms with Gasteiger partial charge in [-0.3, -0.25) is 4.79 Å². The number of rotatable bonds is 5. The SMILES string of the molecule is O=C(NCCSc1ccc(Cl)cc1)[C@H]1CC=CCC1. The topological polar surface area (TPSA) is 29.1 Å². The van der Waals surface area contributed by atoms with E-state index in [0.29, 0.717) is 6.54 Å². The summed E-state index contributed by atoms with van der Waals surface area (Å²) in [5.41, 5.74) is 0. The lowest BCUT2D eigenvalue weighted by molar-refractivity contribution is -0.125. The maximum absolute atomic E-state index is 11.9. The second-order valence-corrected chi connectivity index (χ2v) is 6.18. The number of hydrogen-bond acceptors (Lipinski definition) is 2. The minimum Gasteiger partial charge on any atom is -0.355 e. The summed E-state index contributed by atoms with van der Waals surface area (Å²) in [6, 6.07) is 7.77. The lowest BCUT2D eigenvalue weighted by atomic mass is 9.94. The molecule has 0 heterocycles. The quantitative estimate of drug-likeness (QED) is 0.507. The Bertz CT molecular complexity index is 444. The van der Waals surface area contributed by atoms with Gasteiger partial charge in [0.1, 0.15) is 0 Å². The Morgan fingerprint density at radius 3 is 2.79 bits per heavy atom. The van der Waals surface area contributed by atoms with Gasteiger partial charge >= 0.3 is 0 Å². The van der Waals surface area contributed by atoms with E-state index in [1.165, 1.54) is 4.90 Å². The molecule has 1 aliphatic carbocycles. The van der Waals surface area contributed by atoms with Gasteiger partial charge in [-0.15, -0.1) is 11.8 Å². The van der Waals surface area contributed by atoms with E-state index in [2.05, 4.69) is 17.5 Å². The first-order chi connectivity index (χ1) is 9.25. The second-order valence-electron chi connectivity index (χ2n) is 4.57. The average molecular weight is 296 g/mol. The molecule has 1 amide bonds. The number of hydrogen-bond donors (Lipinski definition) is 1. The lowest BCUT2D eigenvalue weighted by Crippen LogP contribution is -2.32. The van der Waals surface area contributed by atoms with Gasteiger partial charge in [-0.1, -0.05) is 23.8 Å². The Kier molecular flexibility index (Phi) is 5.80. The predicted octanol–water partition coefficient (Wildman–Crippen LogP) is 3.90. The van der Waals surface area contributed by atoms with Gasteiger partial charge in [0.25, 0.3) is 0 Å². The molecule has 1 atom stereocenters. The molecular formula is C15H18ClNOS. The number of halogens is 1. The summed E-state index contributed by atoms with van der Waals surface area (Å²) < 4.78 is 0. The van der Waals surface area contributed by atoms with Crippen molar-refractivity contribution in [2.24, 2.45) is 5.92 Å². The zero-order chi connectivity index (χ0) is 13.5. The molecule has 0 bridgehead atoms. The molecule has 2 nitrogen and oxygen atoms in total. The van der Waals surface area contributed by atoms with Crippen LogP contribution in [0.1, 0.15) is 19.3 Å². The van der Waals surface area contributed by atoms with E-state index >= 15 is 0 Å². The second kappa shape index (κ2) is 7.61. The largest absolute Gasteiger partial charge is 0.355 e. The van der Waals surface area contributed by atoms with Gasteiger partial charge in [-0.2, -0.15) is 0 Å². The number of nitrogens with one attached hydrogen (secondary N) is 1.